The number of esters is 1. The Balaban J connectivity index is 1.49. The van der Waals surface area contributed by atoms with Gasteiger partial charge in [0.15, 0.2) is 6.10 Å². The Bertz CT molecular complexity index is 1230. The third-order valence-corrected chi connectivity index (χ3v) is 4.85. The fraction of sp³-hybridized carbons (Fsp3) is 0.167. The first-order chi connectivity index (χ1) is 15.0. The van der Waals surface area contributed by atoms with E-state index in [9.17, 15) is 9.59 Å². The summed E-state index contributed by atoms with van der Waals surface area (Å²) in [7, 11) is 0. The average Bonchev–Trinajstić information content (AvgIpc) is 3.21. The number of H-pyrrole nitrogens is 1. The number of nitrogens with zero attached hydrogens (tertiary/aromatic N) is 2. The minimum absolute atomic E-state index is 0.343. The van der Waals surface area contributed by atoms with E-state index in [2.05, 4.69) is 20.3 Å². The summed E-state index contributed by atoms with van der Waals surface area (Å²) < 4.78 is 5.50. The number of carbonyl (C=O) groups excluding carboxylic acids is 2. The van der Waals surface area contributed by atoms with Crippen molar-refractivity contribution in [3.8, 4) is 11.4 Å². The van der Waals surface area contributed by atoms with Crippen molar-refractivity contribution >= 4 is 28.6 Å². The molecule has 4 rings (SSSR count). The number of rotatable bonds is 6. The molecule has 0 bridgehead atoms. The predicted molar refractivity (Wildman–Crippen MR) is 119 cm³/mol. The molecular weight excluding hydrogens is 392 g/mol. The summed E-state index contributed by atoms with van der Waals surface area (Å²) in [5, 5.41) is 2.80. The number of imidazole rings is 1. The molecule has 0 radical (unpaired) electrons. The number of hydrogen-bond acceptors (Lipinski definition) is 5. The van der Waals surface area contributed by atoms with Crippen LogP contribution in [0.15, 0.2) is 67.0 Å². The van der Waals surface area contributed by atoms with E-state index >= 15 is 0 Å². The molecule has 0 saturated heterocycles. The van der Waals surface area contributed by atoms with E-state index in [1.165, 1.54) is 0 Å². The van der Waals surface area contributed by atoms with E-state index in [1.54, 1.807) is 43.6 Å². The van der Waals surface area contributed by atoms with Gasteiger partial charge in [0.1, 0.15) is 5.82 Å². The molecule has 0 spiro atoms. The number of aryl methyl sites for hydroxylation is 1. The van der Waals surface area contributed by atoms with Gasteiger partial charge in [0, 0.05) is 23.6 Å². The quantitative estimate of drug-likeness (QED) is 0.453. The molecular formula is C24H22N4O3. The third kappa shape index (κ3) is 4.61. The Morgan fingerprint density at radius 3 is 2.74 bits per heavy atom. The number of carbonyl (C=O) groups is 2. The fourth-order valence-electron chi connectivity index (χ4n) is 3.24. The fourth-order valence-corrected chi connectivity index (χ4v) is 3.24. The van der Waals surface area contributed by atoms with Gasteiger partial charge in [0.05, 0.1) is 16.6 Å². The summed E-state index contributed by atoms with van der Waals surface area (Å²) in [6, 6.07) is 16.3. The van der Waals surface area contributed by atoms with E-state index in [0.29, 0.717) is 29.0 Å². The van der Waals surface area contributed by atoms with Crippen molar-refractivity contribution in [2.45, 2.75) is 26.4 Å². The smallest absolute Gasteiger partial charge is 0.338 e. The highest BCUT2D eigenvalue weighted by molar-refractivity contribution is 5.99. The lowest BCUT2D eigenvalue weighted by atomic mass is 10.2. The minimum atomic E-state index is -0.892. The second-order valence-electron chi connectivity index (χ2n) is 7.22. The second-order valence-corrected chi connectivity index (χ2v) is 7.22. The number of fused-ring (bicyclic) bond motifs is 1. The Hall–Kier alpha value is -4.00. The van der Waals surface area contributed by atoms with Gasteiger partial charge in [-0.2, -0.15) is 0 Å². The van der Waals surface area contributed by atoms with Gasteiger partial charge >= 0.3 is 5.97 Å². The van der Waals surface area contributed by atoms with Crippen LogP contribution in [0, 0.1) is 6.92 Å². The maximum Gasteiger partial charge on any atom is 0.338 e. The Morgan fingerprint density at radius 1 is 1.13 bits per heavy atom. The molecule has 31 heavy (non-hydrogen) atoms. The first kappa shape index (κ1) is 20.3. The molecule has 7 nitrogen and oxygen atoms in total. The van der Waals surface area contributed by atoms with Crippen molar-refractivity contribution in [1.82, 2.24) is 15.0 Å². The normalized spacial score (nSPS) is 11.8. The van der Waals surface area contributed by atoms with Crippen molar-refractivity contribution in [2.75, 3.05) is 5.32 Å². The molecule has 0 aliphatic carbocycles. The van der Waals surface area contributed by atoms with E-state index in [4.69, 9.17) is 4.74 Å². The van der Waals surface area contributed by atoms with Crippen molar-refractivity contribution in [3.05, 3.63) is 78.1 Å². The summed E-state index contributed by atoms with van der Waals surface area (Å²) >= 11 is 0. The number of aromatic amines is 1. The van der Waals surface area contributed by atoms with Gasteiger partial charge in [-0.1, -0.05) is 19.1 Å². The van der Waals surface area contributed by atoms with Crippen molar-refractivity contribution < 1.29 is 14.3 Å². The summed E-state index contributed by atoms with van der Waals surface area (Å²) in [4.78, 5) is 37.1. The molecule has 156 valence electrons. The lowest BCUT2D eigenvalue weighted by molar-refractivity contribution is -0.124. The first-order valence-electron chi connectivity index (χ1n) is 10.0. The molecule has 0 fully saturated rings. The number of pyridine rings is 1. The van der Waals surface area contributed by atoms with Crippen LogP contribution in [0.2, 0.25) is 0 Å². The zero-order chi connectivity index (χ0) is 21.8. The number of benzene rings is 2. The highest BCUT2D eigenvalue weighted by Gasteiger charge is 2.22. The van der Waals surface area contributed by atoms with Gasteiger partial charge in [-0.3, -0.25) is 9.78 Å². The molecule has 2 heterocycles. The van der Waals surface area contributed by atoms with Crippen LogP contribution in [0.25, 0.3) is 22.4 Å². The zero-order valence-electron chi connectivity index (χ0n) is 17.3. The van der Waals surface area contributed by atoms with Crippen LogP contribution in [-0.4, -0.2) is 32.9 Å². The Labute approximate surface area is 179 Å². The lowest BCUT2D eigenvalue weighted by Crippen LogP contribution is -2.32. The molecule has 2 N–H and O–H groups in total. The van der Waals surface area contributed by atoms with E-state index in [0.717, 1.165) is 16.6 Å². The van der Waals surface area contributed by atoms with Gasteiger partial charge in [-0.15, -0.1) is 0 Å². The number of aromatic nitrogens is 3. The standard InChI is InChI=1S/C24H22N4O3/c1-3-21(23(29)26-18-8-4-6-15(2)12-18)31-24(30)16-9-10-19-20(13-16)28-22(27-19)17-7-5-11-25-14-17/h4-14,21H,3H2,1-2H3,(H,26,29)(H,27,28). The molecule has 0 aliphatic heterocycles. The number of anilines is 1. The Kier molecular flexibility index (Phi) is 5.75. The monoisotopic (exact) mass is 414 g/mol. The molecule has 1 atom stereocenters. The molecule has 1 unspecified atom stereocenters. The van der Waals surface area contributed by atoms with Gasteiger partial charge in [-0.05, 0) is 61.4 Å². The maximum absolute atomic E-state index is 12.7. The number of ether oxygens (including phenoxy) is 1. The van der Waals surface area contributed by atoms with E-state index < -0.39 is 12.1 Å². The largest absolute Gasteiger partial charge is 0.449 e. The number of nitrogens with one attached hydrogen (secondary N) is 2. The van der Waals surface area contributed by atoms with Crippen LogP contribution in [0.3, 0.4) is 0 Å². The highest BCUT2D eigenvalue weighted by atomic mass is 16.5. The van der Waals surface area contributed by atoms with Gasteiger partial charge in [-0.25, -0.2) is 9.78 Å². The van der Waals surface area contributed by atoms with Crippen LogP contribution in [0.4, 0.5) is 5.69 Å². The summed E-state index contributed by atoms with van der Waals surface area (Å²) in [5.74, 6) is -0.258. The molecule has 2 aromatic carbocycles. The van der Waals surface area contributed by atoms with E-state index in [1.807, 2.05) is 37.3 Å². The molecule has 1 amide bonds. The summed E-state index contributed by atoms with van der Waals surface area (Å²) in [6.07, 6.45) is 2.88. The average molecular weight is 414 g/mol. The number of hydrogen-bond donors (Lipinski definition) is 2. The van der Waals surface area contributed by atoms with Gasteiger partial charge in [0.25, 0.3) is 5.91 Å². The topological polar surface area (TPSA) is 97.0 Å². The molecule has 4 aromatic rings. The zero-order valence-corrected chi connectivity index (χ0v) is 17.3. The Morgan fingerprint density at radius 2 is 2.00 bits per heavy atom. The predicted octanol–water partition coefficient (Wildman–Crippen LogP) is 4.51. The van der Waals surface area contributed by atoms with Crippen LogP contribution >= 0.6 is 0 Å². The van der Waals surface area contributed by atoms with E-state index in [-0.39, 0.29) is 5.91 Å². The molecule has 0 aliphatic rings. The number of amides is 1. The van der Waals surface area contributed by atoms with Crippen molar-refractivity contribution in [1.29, 1.82) is 0 Å². The van der Waals surface area contributed by atoms with Crippen LogP contribution in [-0.2, 0) is 9.53 Å². The van der Waals surface area contributed by atoms with Crippen molar-refractivity contribution in [2.24, 2.45) is 0 Å². The van der Waals surface area contributed by atoms with Gasteiger partial charge in [0.2, 0.25) is 0 Å². The molecule has 0 saturated carbocycles. The maximum atomic E-state index is 12.7. The SMILES string of the molecule is CCC(OC(=O)c1ccc2nc(-c3cccnc3)[nH]c2c1)C(=O)Nc1cccc(C)c1. The highest BCUT2D eigenvalue weighted by Crippen LogP contribution is 2.21. The lowest BCUT2D eigenvalue weighted by Gasteiger charge is -2.16. The van der Waals surface area contributed by atoms with Crippen LogP contribution < -0.4 is 5.32 Å². The summed E-state index contributed by atoms with van der Waals surface area (Å²) in [5.41, 5.74) is 4.31. The van der Waals surface area contributed by atoms with Crippen LogP contribution in [0.1, 0.15) is 29.3 Å². The van der Waals surface area contributed by atoms with Gasteiger partial charge < -0.3 is 15.0 Å². The van der Waals surface area contributed by atoms with Crippen molar-refractivity contribution in [3.63, 3.8) is 0 Å². The van der Waals surface area contributed by atoms with Crippen LogP contribution in [0.5, 0.6) is 0 Å². The molecule has 2 aromatic heterocycles. The minimum Gasteiger partial charge on any atom is -0.449 e. The second kappa shape index (κ2) is 8.79. The third-order valence-electron chi connectivity index (χ3n) is 4.85. The molecule has 7 heteroatoms. The summed E-state index contributed by atoms with van der Waals surface area (Å²) in [6.45, 7) is 3.74. The first-order valence-corrected chi connectivity index (χ1v) is 10.0.